The standard InChI is InChI=1S/C7H8O4/c8-2-3-1-4(9)6-7(11-6)5(3)10/h1,4,6-9H,2H2. The van der Waals surface area contributed by atoms with E-state index in [9.17, 15) is 9.90 Å². The minimum atomic E-state index is -0.722. The number of carbonyl (C=O) groups is 1. The number of rotatable bonds is 1. The van der Waals surface area contributed by atoms with Crippen LogP contribution in [-0.2, 0) is 9.53 Å². The maximum Gasteiger partial charge on any atom is 0.192 e. The van der Waals surface area contributed by atoms with Crippen molar-refractivity contribution in [3.63, 3.8) is 0 Å². The van der Waals surface area contributed by atoms with E-state index in [2.05, 4.69) is 0 Å². The third-order valence-electron chi connectivity index (χ3n) is 1.98. The van der Waals surface area contributed by atoms with E-state index in [0.717, 1.165) is 0 Å². The highest BCUT2D eigenvalue weighted by Gasteiger charge is 2.52. The zero-order valence-corrected chi connectivity index (χ0v) is 5.73. The maximum absolute atomic E-state index is 11.1. The molecule has 1 saturated heterocycles. The molecule has 0 aromatic rings. The molecule has 0 bridgehead atoms. The van der Waals surface area contributed by atoms with Crippen LogP contribution in [0.25, 0.3) is 0 Å². The number of aliphatic hydroxyl groups is 2. The minimum Gasteiger partial charge on any atom is -0.392 e. The highest BCUT2D eigenvalue weighted by Crippen LogP contribution is 2.33. The molecular weight excluding hydrogens is 148 g/mol. The van der Waals surface area contributed by atoms with Crippen LogP contribution >= 0.6 is 0 Å². The van der Waals surface area contributed by atoms with Crippen molar-refractivity contribution in [2.75, 3.05) is 6.61 Å². The van der Waals surface area contributed by atoms with E-state index in [1.165, 1.54) is 6.08 Å². The van der Waals surface area contributed by atoms with Crippen LogP contribution < -0.4 is 0 Å². The molecule has 1 heterocycles. The lowest BCUT2D eigenvalue weighted by molar-refractivity contribution is -0.117. The first-order valence-electron chi connectivity index (χ1n) is 3.43. The summed E-state index contributed by atoms with van der Waals surface area (Å²) >= 11 is 0. The fourth-order valence-corrected chi connectivity index (χ4v) is 1.29. The lowest BCUT2D eigenvalue weighted by atomic mass is 9.97. The summed E-state index contributed by atoms with van der Waals surface area (Å²) in [5.41, 5.74) is 0.260. The van der Waals surface area contributed by atoms with E-state index >= 15 is 0 Å². The Morgan fingerprint density at radius 1 is 1.64 bits per heavy atom. The molecule has 0 aromatic carbocycles. The summed E-state index contributed by atoms with van der Waals surface area (Å²) < 4.78 is 4.87. The molecule has 1 aliphatic heterocycles. The average Bonchev–Trinajstić information content (AvgIpc) is 2.75. The Balaban J connectivity index is 2.25. The predicted octanol–water partition coefficient (Wildman–Crippen LogP) is -1.38. The Morgan fingerprint density at radius 3 is 3.00 bits per heavy atom. The monoisotopic (exact) mass is 156 g/mol. The molecule has 11 heavy (non-hydrogen) atoms. The van der Waals surface area contributed by atoms with Gasteiger partial charge in [0.2, 0.25) is 0 Å². The van der Waals surface area contributed by atoms with Crippen molar-refractivity contribution >= 4 is 5.78 Å². The Labute approximate surface area is 63.1 Å². The van der Waals surface area contributed by atoms with Crippen molar-refractivity contribution in [1.82, 2.24) is 0 Å². The molecule has 0 radical (unpaired) electrons. The van der Waals surface area contributed by atoms with E-state index in [0.29, 0.717) is 0 Å². The zero-order chi connectivity index (χ0) is 8.01. The number of carbonyl (C=O) groups excluding carboxylic acids is 1. The molecule has 2 aliphatic rings. The van der Waals surface area contributed by atoms with E-state index in [1.54, 1.807) is 0 Å². The Kier molecular flexibility index (Phi) is 1.35. The Bertz CT molecular complexity index is 233. The van der Waals surface area contributed by atoms with Gasteiger partial charge in [-0.1, -0.05) is 0 Å². The van der Waals surface area contributed by atoms with Crippen LogP contribution in [0.4, 0.5) is 0 Å². The highest BCUT2D eigenvalue weighted by atomic mass is 16.6. The quantitative estimate of drug-likeness (QED) is 0.459. The molecule has 60 valence electrons. The fourth-order valence-electron chi connectivity index (χ4n) is 1.29. The highest BCUT2D eigenvalue weighted by molar-refractivity contribution is 6.02. The molecule has 0 aromatic heterocycles. The molecule has 4 nitrogen and oxygen atoms in total. The first kappa shape index (κ1) is 6.97. The first-order chi connectivity index (χ1) is 5.24. The van der Waals surface area contributed by atoms with E-state index in [-0.39, 0.29) is 24.1 Å². The second-order valence-electron chi connectivity index (χ2n) is 2.73. The number of epoxide rings is 1. The van der Waals surface area contributed by atoms with Gasteiger partial charge in [0.25, 0.3) is 0 Å². The summed E-state index contributed by atoms with van der Waals surface area (Å²) in [5, 5.41) is 17.8. The summed E-state index contributed by atoms with van der Waals surface area (Å²) in [6, 6.07) is 0. The molecule has 0 spiro atoms. The van der Waals surface area contributed by atoms with Crippen LogP contribution in [0.1, 0.15) is 0 Å². The molecular formula is C7H8O4. The van der Waals surface area contributed by atoms with Gasteiger partial charge < -0.3 is 14.9 Å². The van der Waals surface area contributed by atoms with Gasteiger partial charge in [-0.05, 0) is 6.08 Å². The maximum atomic E-state index is 11.1. The summed E-state index contributed by atoms with van der Waals surface area (Å²) in [7, 11) is 0. The normalized spacial score (nSPS) is 41.5. The summed E-state index contributed by atoms with van der Waals surface area (Å²) in [6.45, 7) is -0.317. The van der Waals surface area contributed by atoms with Gasteiger partial charge in [-0.15, -0.1) is 0 Å². The number of ether oxygens (including phenoxy) is 1. The van der Waals surface area contributed by atoms with Crippen molar-refractivity contribution in [3.05, 3.63) is 11.6 Å². The minimum absolute atomic E-state index is 0.192. The van der Waals surface area contributed by atoms with Gasteiger partial charge in [-0.25, -0.2) is 0 Å². The van der Waals surface area contributed by atoms with Crippen molar-refractivity contribution in [2.24, 2.45) is 0 Å². The largest absolute Gasteiger partial charge is 0.392 e. The van der Waals surface area contributed by atoms with Crippen LogP contribution in [-0.4, -0.2) is 40.9 Å². The van der Waals surface area contributed by atoms with Gasteiger partial charge in [0.1, 0.15) is 18.3 Å². The Hall–Kier alpha value is -0.710. The number of hydrogen-bond acceptors (Lipinski definition) is 4. The smallest absolute Gasteiger partial charge is 0.192 e. The molecule has 1 fully saturated rings. The van der Waals surface area contributed by atoms with Crippen molar-refractivity contribution < 1.29 is 19.7 Å². The second-order valence-corrected chi connectivity index (χ2v) is 2.73. The lowest BCUT2D eigenvalue weighted by Gasteiger charge is -2.09. The third kappa shape index (κ3) is 0.910. The number of hydrogen-bond donors (Lipinski definition) is 2. The molecule has 0 saturated carbocycles. The zero-order valence-electron chi connectivity index (χ0n) is 5.73. The lowest BCUT2D eigenvalue weighted by Crippen LogP contribution is -2.27. The molecule has 3 atom stereocenters. The van der Waals surface area contributed by atoms with E-state index in [4.69, 9.17) is 9.84 Å². The molecule has 2 rings (SSSR count). The molecule has 4 heteroatoms. The Morgan fingerprint density at radius 2 is 2.36 bits per heavy atom. The third-order valence-corrected chi connectivity index (χ3v) is 1.98. The van der Waals surface area contributed by atoms with Crippen LogP contribution in [0.15, 0.2) is 11.6 Å². The summed E-state index contributed by atoms with van der Waals surface area (Å²) in [6.07, 6.45) is -0.203. The molecule has 2 N–H and O–H groups in total. The van der Waals surface area contributed by atoms with Crippen molar-refractivity contribution in [2.45, 2.75) is 18.3 Å². The van der Waals surface area contributed by atoms with Gasteiger partial charge in [0.15, 0.2) is 5.78 Å². The SMILES string of the molecule is O=C1C(CO)=CC(O)C2OC12. The second kappa shape index (κ2) is 2.14. The number of ketones is 1. The molecule has 1 aliphatic carbocycles. The van der Waals surface area contributed by atoms with Crippen LogP contribution in [0, 0.1) is 0 Å². The van der Waals surface area contributed by atoms with Gasteiger partial charge in [-0.3, -0.25) is 4.79 Å². The van der Waals surface area contributed by atoms with Crippen LogP contribution in [0.2, 0.25) is 0 Å². The average molecular weight is 156 g/mol. The van der Waals surface area contributed by atoms with Crippen molar-refractivity contribution in [1.29, 1.82) is 0 Å². The molecule has 0 amide bonds. The number of fused-ring (bicyclic) bond motifs is 1. The van der Waals surface area contributed by atoms with Gasteiger partial charge in [0, 0.05) is 5.57 Å². The summed E-state index contributed by atoms with van der Waals surface area (Å²) in [5.74, 6) is -0.192. The predicted molar refractivity (Wildman–Crippen MR) is 34.8 cm³/mol. The fraction of sp³-hybridized carbons (Fsp3) is 0.571. The van der Waals surface area contributed by atoms with Crippen LogP contribution in [0.3, 0.4) is 0 Å². The van der Waals surface area contributed by atoms with Gasteiger partial charge in [0.05, 0.1) is 6.61 Å². The van der Waals surface area contributed by atoms with Gasteiger partial charge in [-0.2, -0.15) is 0 Å². The number of aliphatic hydroxyl groups excluding tert-OH is 2. The number of Topliss-reactive ketones (excluding diaryl/α,β-unsaturated/α-hetero) is 1. The summed E-state index contributed by atoms with van der Waals surface area (Å²) in [4.78, 5) is 11.1. The van der Waals surface area contributed by atoms with E-state index < -0.39 is 12.2 Å². The first-order valence-corrected chi connectivity index (χ1v) is 3.43. The molecule has 3 unspecified atom stereocenters. The van der Waals surface area contributed by atoms with E-state index in [1.807, 2.05) is 0 Å². The topological polar surface area (TPSA) is 70.1 Å². The van der Waals surface area contributed by atoms with Crippen LogP contribution in [0.5, 0.6) is 0 Å². The van der Waals surface area contributed by atoms with Gasteiger partial charge >= 0.3 is 0 Å². The van der Waals surface area contributed by atoms with Crippen molar-refractivity contribution in [3.8, 4) is 0 Å².